The summed E-state index contributed by atoms with van der Waals surface area (Å²) in [7, 11) is 0. The SMILES string of the molecule is O=C(O)C1(c2csc(=O)[nH]2)CC1. The normalized spacial score (nSPS) is 19.0. The van der Waals surface area contributed by atoms with Crippen molar-refractivity contribution in [2.45, 2.75) is 18.3 Å². The summed E-state index contributed by atoms with van der Waals surface area (Å²) in [6.45, 7) is 0. The van der Waals surface area contributed by atoms with Crippen LogP contribution in [0.1, 0.15) is 18.5 Å². The minimum atomic E-state index is -0.837. The summed E-state index contributed by atoms with van der Waals surface area (Å²) in [6.07, 6.45) is 1.27. The third-order valence-corrected chi connectivity index (χ3v) is 2.87. The highest BCUT2D eigenvalue weighted by Crippen LogP contribution is 2.47. The second-order valence-electron chi connectivity index (χ2n) is 2.95. The second kappa shape index (κ2) is 2.20. The van der Waals surface area contributed by atoms with Crippen LogP contribution in [0.4, 0.5) is 0 Å². The molecule has 0 aliphatic heterocycles. The van der Waals surface area contributed by atoms with E-state index in [2.05, 4.69) is 4.98 Å². The molecule has 64 valence electrons. The van der Waals surface area contributed by atoms with Crippen LogP contribution in [0.2, 0.25) is 0 Å². The average molecular weight is 185 g/mol. The molecule has 0 unspecified atom stereocenters. The number of carbonyl (C=O) groups is 1. The number of hydrogen-bond acceptors (Lipinski definition) is 3. The van der Waals surface area contributed by atoms with Gasteiger partial charge in [-0.1, -0.05) is 11.3 Å². The highest BCUT2D eigenvalue weighted by molar-refractivity contribution is 7.07. The number of carboxylic acid groups (broad SMARTS) is 1. The van der Waals surface area contributed by atoms with Gasteiger partial charge in [-0.3, -0.25) is 9.59 Å². The molecule has 0 radical (unpaired) electrons. The van der Waals surface area contributed by atoms with Crippen LogP contribution < -0.4 is 4.87 Å². The Kier molecular flexibility index (Phi) is 1.38. The van der Waals surface area contributed by atoms with E-state index in [4.69, 9.17) is 5.11 Å². The molecule has 2 N–H and O–H groups in total. The van der Waals surface area contributed by atoms with E-state index in [0.717, 1.165) is 11.3 Å². The van der Waals surface area contributed by atoms with Crippen molar-refractivity contribution >= 4 is 17.3 Å². The van der Waals surface area contributed by atoms with E-state index in [1.54, 1.807) is 5.38 Å². The molecule has 1 aromatic rings. The molecule has 1 saturated carbocycles. The van der Waals surface area contributed by atoms with E-state index < -0.39 is 11.4 Å². The zero-order chi connectivity index (χ0) is 8.77. The van der Waals surface area contributed by atoms with Gasteiger partial charge in [-0.2, -0.15) is 0 Å². The van der Waals surface area contributed by atoms with Crippen molar-refractivity contribution in [3.8, 4) is 0 Å². The lowest BCUT2D eigenvalue weighted by atomic mass is 10.1. The van der Waals surface area contributed by atoms with Crippen LogP contribution in [0.25, 0.3) is 0 Å². The number of aromatic nitrogens is 1. The molecular formula is C7H7NO3S. The molecular weight excluding hydrogens is 178 g/mol. The Hall–Kier alpha value is -1.10. The molecule has 0 amide bonds. The minimum Gasteiger partial charge on any atom is -0.481 e. The maximum Gasteiger partial charge on any atom is 0.315 e. The van der Waals surface area contributed by atoms with Gasteiger partial charge in [0, 0.05) is 11.1 Å². The third kappa shape index (κ3) is 0.896. The average Bonchev–Trinajstić information content (AvgIpc) is 2.71. The van der Waals surface area contributed by atoms with Gasteiger partial charge < -0.3 is 10.1 Å². The summed E-state index contributed by atoms with van der Waals surface area (Å²) in [5, 5.41) is 10.4. The maximum absolute atomic E-state index is 10.8. The molecule has 12 heavy (non-hydrogen) atoms. The fourth-order valence-electron chi connectivity index (χ4n) is 1.24. The van der Waals surface area contributed by atoms with E-state index in [1.165, 1.54) is 0 Å². The second-order valence-corrected chi connectivity index (χ2v) is 3.79. The zero-order valence-corrected chi connectivity index (χ0v) is 6.98. The predicted octanol–water partition coefficient (Wildman–Crippen LogP) is 0.553. The van der Waals surface area contributed by atoms with Crippen molar-refractivity contribution in [1.82, 2.24) is 4.98 Å². The first-order chi connectivity index (χ1) is 5.65. The Bertz CT molecular complexity index is 374. The summed E-state index contributed by atoms with van der Waals surface area (Å²) >= 11 is 1.01. The number of nitrogens with one attached hydrogen (secondary N) is 1. The summed E-state index contributed by atoms with van der Waals surface area (Å²) in [5.41, 5.74) is -0.205. The van der Waals surface area contributed by atoms with E-state index in [-0.39, 0.29) is 4.87 Å². The Morgan fingerprint density at radius 2 is 2.33 bits per heavy atom. The van der Waals surface area contributed by atoms with E-state index >= 15 is 0 Å². The third-order valence-electron chi connectivity index (χ3n) is 2.20. The number of rotatable bonds is 2. The van der Waals surface area contributed by atoms with Gasteiger partial charge in [0.2, 0.25) is 0 Å². The molecule has 2 rings (SSSR count). The number of H-pyrrole nitrogens is 1. The predicted molar refractivity (Wildman–Crippen MR) is 43.5 cm³/mol. The summed E-state index contributed by atoms with van der Waals surface area (Å²) in [6, 6.07) is 0. The van der Waals surface area contributed by atoms with Gasteiger partial charge in [0.1, 0.15) is 5.41 Å². The lowest BCUT2D eigenvalue weighted by molar-refractivity contribution is -0.140. The van der Waals surface area contributed by atoms with Gasteiger partial charge in [0.25, 0.3) is 0 Å². The summed E-state index contributed by atoms with van der Waals surface area (Å²) < 4.78 is 0. The molecule has 5 heteroatoms. The van der Waals surface area contributed by atoms with E-state index in [9.17, 15) is 9.59 Å². The van der Waals surface area contributed by atoms with Crippen LogP contribution in [0.3, 0.4) is 0 Å². The molecule has 1 fully saturated rings. The number of carboxylic acids is 1. The molecule has 0 spiro atoms. The molecule has 0 bridgehead atoms. The van der Waals surface area contributed by atoms with Crippen molar-refractivity contribution in [3.63, 3.8) is 0 Å². The Balaban J connectivity index is 2.43. The van der Waals surface area contributed by atoms with Crippen LogP contribution in [0.15, 0.2) is 10.2 Å². The van der Waals surface area contributed by atoms with Crippen molar-refractivity contribution in [2.24, 2.45) is 0 Å². The quantitative estimate of drug-likeness (QED) is 0.707. The zero-order valence-electron chi connectivity index (χ0n) is 6.16. The first kappa shape index (κ1) is 7.54. The monoisotopic (exact) mass is 185 g/mol. The van der Waals surface area contributed by atoms with Crippen LogP contribution in [-0.2, 0) is 10.2 Å². The van der Waals surface area contributed by atoms with Crippen LogP contribution in [0, 0.1) is 0 Å². The maximum atomic E-state index is 10.8. The van der Waals surface area contributed by atoms with E-state index in [1.807, 2.05) is 0 Å². The first-order valence-corrected chi connectivity index (χ1v) is 4.45. The summed E-state index contributed by atoms with van der Waals surface area (Å²) in [4.78, 5) is 23.9. The lowest BCUT2D eigenvalue weighted by Crippen LogP contribution is -2.20. The molecule has 4 nitrogen and oxygen atoms in total. The number of aliphatic carboxylic acids is 1. The Morgan fingerprint density at radius 3 is 2.67 bits per heavy atom. The van der Waals surface area contributed by atoms with E-state index in [0.29, 0.717) is 18.5 Å². The van der Waals surface area contributed by atoms with Crippen LogP contribution >= 0.6 is 11.3 Å². The van der Waals surface area contributed by atoms with Gasteiger partial charge >= 0.3 is 10.8 Å². The standard InChI is InChI=1S/C7H7NO3S/c9-5(10)7(1-2-7)4-3-12-6(11)8-4/h3H,1-2H2,(H,8,11)(H,9,10). The van der Waals surface area contributed by atoms with Crippen molar-refractivity contribution in [2.75, 3.05) is 0 Å². The molecule has 0 saturated heterocycles. The smallest absolute Gasteiger partial charge is 0.315 e. The van der Waals surface area contributed by atoms with Gasteiger partial charge in [0.15, 0.2) is 0 Å². The number of thiazole rings is 1. The molecule has 1 heterocycles. The lowest BCUT2D eigenvalue weighted by Gasteiger charge is -2.04. The van der Waals surface area contributed by atoms with Crippen molar-refractivity contribution < 1.29 is 9.90 Å². The topological polar surface area (TPSA) is 70.2 Å². The highest BCUT2D eigenvalue weighted by atomic mass is 32.1. The molecule has 1 aromatic heterocycles. The van der Waals surface area contributed by atoms with Gasteiger partial charge in [-0.25, -0.2) is 0 Å². The highest BCUT2D eigenvalue weighted by Gasteiger charge is 2.53. The fraction of sp³-hybridized carbons (Fsp3) is 0.429. The van der Waals surface area contributed by atoms with Gasteiger partial charge in [0.05, 0.1) is 0 Å². The molecule has 0 aromatic carbocycles. The Labute approximate surface area is 71.9 Å². The van der Waals surface area contributed by atoms with Crippen LogP contribution in [0.5, 0.6) is 0 Å². The Morgan fingerprint density at radius 1 is 1.67 bits per heavy atom. The van der Waals surface area contributed by atoms with Crippen molar-refractivity contribution in [3.05, 3.63) is 20.7 Å². The van der Waals surface area contributed by atoms with Gasteiger partial charge in [-0.15, -0.1) is 0 Å². The molecule has 1 aliphatic carbocycles. The fourth-order valence-corrected chi connectivity index (χ4v) is 1.92. The summed E-state index contributed by atoms with van der Waals surface area (Å²) in [5.74, 6) is -0.837. The number of aromatic amines is 1. The number of hydrogen-bond donors (Lipinski definition) is 2. The largest absolute Gasteiger partial charge is 0.481 e. The molecule has 1 aliphatic rings. The molecule has 0 atom stereocenters. The van der Waals surface area contributed by atoms with Crippen LogP contribution in [-0.4, -0.2) is 16.1 Å². The minimum absolute atomic E-state index is 0.183. The van der Waals surface area contributed by atoms with Gasteiger partial charge in [-0.05, 0) is 12.8 Å². The first-order valence-electron chi connectivity index (χ1n) is 3.57. The van der Waals surface area contributed by atoms with Crippen molar-refractivity contribution in [1.29, 1.82) is 0 Å².